The molecular weight excluding hydrogens is 413 g/mol. The summed E-state index contributed by atoms with van der Waals surface area (Å²) < 4.78 is 1.90. The normalized spacial score (nSPS) is 14.4. The molecule has 2 aromatic rings. The molecule has 0 aliphatic rings. The van der Waals surface area contributed by atoms with Gasteiger partial charge in [0, 0.05) is 26.8 Å². The van der Waals surface area contributed by atoms with E-state index in [0.717, 1.165) is 18.7 Å². The second-order valence-electron chi connectivity index (χ2n) is 4.11. The first-order chi connectivity index (χ1) is 9.02. The van der Waals surface area contributed by atoms with Crippen molar-refractivity contribution >= 4 is 54.8 Å². The summed E-state index contributed by atoms with van der Waals surface area (Å²) in [5, 5.41) is 11.2. The first kappa shape index (κ1) is 15.5. The smallest absolute Gasteiger partial charge is 0.0963 e. The van der Waals surface area contributed by atoms with Crippen molar-refractivity contribution in [2.75, 3.05) is 6.54 Å². The van der Waals surface area contributed by atoms with Crippen LogP contribution in [0.2, 0.25) is 5.02 Å². The molecular formula is C13H12Br2ClNOS. The maximum Gasteiger partial charge on any atom is 0.0963 e. The molecule has 3 N–H and O–H groups in total. The topological polar surface area (TPSA) is 46.2 Å². The molecule has 0 spiro atoms. The van der Waals surface area contributed by atoms with Gasteiger partial charge in [-0.3, -0.25) is 0 Å². The second kappa shape index (κ2) is 6.70. The maximum absolute atomic E-state index is 10.5. The van der Waals surface area contributed by atoms with Crippen LogP contribution in [0.4, 0.5) is 0 Å². The number of benzene rings is 1. The van der Waals surface area contributed by atoms with Crippen LogP contribution in [-0.4, -0.2) is 11.7 Å². The van der Waals surface area contributed by atoms with Gasteiger partial charge in [-0.05, 0) is 55.6 Å². The number of halogens is 3. The van der Waals surface area contributed by atoms with Crippen molar-refractivity contribution in [2.45, 2.75) is 12.0 Å². The van der Waals surface area contributed by atoms with E-state index in [4.69, 9.17) is 17.3 Å². The molecule has 1 aromatic carbocycles. The Morgan fingerprint density at radius 3 is 2.58 bits per heavy atom. The van der Waals surface area contributed by atoms with Gasteiger partial charge in [0.25, 0.3) is 0 Å². The Morgan fingerprint density at radius 1 is 1.32 bits per heavy atom. The highest BCUT2D eigenvalue weighted by atomic mass is 79.9. The van der Waals surface area contributed by atoms with Gasteiger partial charge in [0.05, 0.1) is 9.89 Å². The van der Waals surface area contributed by atoms with Crippen molar-refractivity contribution in [3.63, 3.8) is 0 Å². The lowest BCUT2D eigenvalue weighted by Gasteiger charge is -2.21. The van der Waals surface area contributed by atoms with Gasteiger partial charge in [0.15, 0.2) is 0 Å². The van der Waals surface area contributed by atoms with Crippen LogP contribution in [-0.2, 0) is 0 Å². The van der Waals surface area contributed by atoms with Crippen LogP contribution in [0.1, 0.15) is 22.5 Å². The van der Waals surface area contributed by atoms with Gasteiger partial charge in [0.1, 0.15) is 0 Å². The van der Waals surface area contributed by atoms with Gasteiger partial charge in [-0.25, -0.2) is 0 Å². The number of aliphatic hydroxyl groups is 1. The third-order valence-electron chi connectivity index (χ3n) is 2.87. The van der Waals surface area contributed by atoms with Crippen molar-refractivity contribution in [2.24, 2.45) is 5.73 Å². The van der Waals surface area contributed by atoms with Crippen LogP contribution in [0.3, 0.4) is 0 Å². The molecule has 0 fully saturated rings. The van der Waals surface area contributed by atoms with Gasteiger partial charge in [-0.1, -0.05) is 23.7 Å². The predicted octanol–water partition coefficient (Wildman–Crippen LogP) is 4.70. The minimum absolute atomic E-state index is 0.170. The molecule has 0 bridgehead atoms. The van der Waals surface area contributed by atoms with Gasteiger partial charge in [0.2, 0.25) is 0 Å². The Morgan fingerprint density at radius 2 is 2.05 bits per heavy atom. The highest BCUT2D eigenvalue weighted by molar-refractivity contribution is 9.13. The van der Waals surface area contributed by atoms with Crippen molar-refractivity contribution in [1.29, 1.82) is 0 Å². The zero-order chi connectivity index (χ0) is 14.0. The highest BCUT2D eigenvalue weighted by Gasteiger charge is 2.24. The maximum atomic E-state index is 10.5. The van der Waals surface area contributed by atoms with E-state index in [0.29, 0.717) is 11.6 Å². The van der Waals surface area contributed by atoms with Crippen LogP contribution >= 0.6 is 54.8 Å². The van der Waals surface area contributed by atoms with Gasteiger partial charge < -0.3 is 10.8 Å². The fraction of sp³-hybridized carbons (Fsp3) is 0.231. The van der Waals surface area contributed by atoms with Crippen molar-refractivity contribution in [3.8, 4) is 0 Å². The van der Waals surface area contributed by atoms with Gasteiger partial charge in [-0.15, -0.1) is 11.3 Å². The molecule has 0 aliphatic carbocycles. The minimum Gasteiger partial charge on any atom is -0.387 e. The molecule has 2 rings (SSSR count). The highest BCUT2D eigenvalue weighted by Crippen LogP contribution is 2.40. The molecule has 0 amide bonds. The van der Waals surface area contributed by atoms with Crippen molar-refractivity contribution in [1.82, 2.24) is 0 Å². The Balaban J connectivity index is 2.31. The third-order valence-corrected chi connectivity index (χ3v) is 6.43. The monoisotopic (exact) mass is 423 g/mol. The van der Waals surface area contributed by atoms with E-state index >= 15 is 0 Å². The summed E-state index contributed by atoms with van der Waals surface area (Å²) in [6.45, 7) is 0.356. The Kier molecular flexibility index (Phi) is 5.45. The fourth-order valence-corrected chi connectivity index (χ4v) is 4.23. The molecule has 102 valence electrons. The zero-order valence-electron chi connectivity index (χ0n) is 9.82. The summed E-state index contributed by atoms with van der Waals surface area (Å²) in [6, 6.07) is 9.37. The molecule has 0 radical (unpaired) electrons. The molecule has 19 heavy (non-hydrogen) atoms. The lowest BCUT2D eigenvalue weighted by atomic mass is 9.92. The zero-order valence-corrected chi connectivity index (χ0v) is 14.6. The predicted molar refractivity (Wildman–Crippen MR) is 87.9 cm³/mol. The Bertz CT molecular complexity index is 556. The van der Waals surface area contributed by atoms with Gasteiger partial charge in [-0.2, -0.15) is 0 Å². The quantitative estimate of drug-likeness (QED) is 0.746. The Labute approximate surface area is 137 Å². The summed E-state index contributed by atoms with van der Waals surface area (Å²) in [4.78, 5) is 0.870. The summed E-state index contributed by atoms with van der Waals surface area (Å²) in [5.74, 6) is -0.170. The lowest BCUT2D eigenvalue weighted by molar-refractivity contribution is 0.151. The number of nitrogens with two attached hydrogens (primary N) is 1. The van der Waals surface area contributed by atoms with Crippen molar-refractivity contribution in [3.05, 3.63) is 54.1 Å². The standard InChI is InChI=1S/C13H12Br2ClNOS/c14-10-5-11(19-13(10)15)12(18)9(6-17)7-2-1-3-8(16)4-7/h1-5,9,12,18H,6,17H2. The SMILES string of the molecule is NCC(c1cccc(Cl)c1)C(O)c1cc(Br)c(Br)s1. The number of hydrogen-bond acceptors (Lipinski definition) is 3. The largest absolute Gasteiger partial charge is 0.387 e. The molecule has 2 atom stereocenters. The summed E-state index contributed by atoms with van der Waals surface area (Å²) >= 11 is 14.3. The first-order valence-electron chi connectivity index (χ1n) is 5.61. The van der Waals surface area contributed by atoms with Crippen LogP contribution in [0, 0.1) is 0 Å². The first-order valence-corrected chi connectivity index (χ1v) is 8.39. The van der Waals surface area contributed by atoms with Crippen LogP contribution in [0.25, 0.3) is 0 Å². The van der Waals surface area contributed by atoms with E-state index in [2.05, 4.69) is 31.9 Å². The fourth-order valence-electron chi connectivity index (χ4n) is 1.89. The molecule has 1 heterocycles. The number of aliphatic hydroxyl groups excluding tert-OH is 1. The van der Waals surface area contributed by atoms with E-state index < -0.39 is 6.10 Å². The van der Waals surface area contributed by atoms with E-state index in [1.807, 2.05) is 30.3 Å². The van der Waals surface area contributed by atoms with E-state index in [9.17, 15) is 5.11 Å². The van der Waals surface area contributed by atoms with Gasteiger partial charge >= 0.3 is 0 Å². The average Bonchev–Trinajstić information content (AvgIpc) is 2.70. The van der Waals surface area contributed by atoms with Crippen LogP contribution in [0.15, 0.2) is 38.6 Å². The van der Waals surface area contributed by atoms with Crippen molar-refractivity contribution < 1.29 is 5.11 Å². The summed E-state index contributed by atoms with van der Waals surface area (Å²) in [6.07, 6.45) is -0.643. The van der Waals surface area contributed by atoms with E-state index in [1.54, 1.807) is 0 Å². The lowest BCUT2D eigenvalue weighted by Crippen LogP contribution is -2.19. The third kappa shape index (κ3) is 3.60. The number of thiophene rings is 1. The number of rotatable bonds is 4. The van der Waals surface area contributed by atoms with E-state index in [-0.39, 0.29) is 5.92 Å². The Hall–Kier alpha value is 0.0900. The second-order valence-corrected chi connectivity index (χ2v) is 7.80. The molecule has 0 saturated carbocycles. The average molecular weight is 426 g/mol. The molecule has 2 nitrogen and oxygen atoms in total. The number of hydrogen-bond donors (Lipinski definition) is 2. The molecule has 0 saturated heterocycles. The van der Waals surface area contributed by atoms with Crippen LogP contribution < -0.4 is 5.73 Å². The summed E-state index contributed by atoms with van der Waals surface area (Å²) in [7, 11) is 0. The van der Waals surface area contributed by atoms with Crippen LogP contribution in [0.5, 0.6) is 0 Å². The molecule has 1 aromatic heterocycles. The summed E-state index contributed by atoms with van der Waals surface area (Å²) in [5.41, 5.74) is 6.76. The molecule has 6 heteroatoms. The molecule has 0 aliphatic heterocycles. The van der Waals surface area contributed by atoms with E-state index in [1.165, 1.54) is 11.3 Å². The minimum atomic E-state index is -0.643. The molecule has 2 unspecified atom stereocenters.